The molecular formula is C13H17N5O. The van der Waals surface area contributed by atoms with E-state index in [1.54, 1.807) is 13.2 Å². The Morgan fingerprint density at radius 1 is 1.21 bits per heavy atom. The number of methoxy groups -OCH3 is 1. The van der Waals surface area contributed by atoms with Crippen molar-refractivity contribution in [1.29, 1.82) is 0 Å². The van der Waals surface area contributed by atoms with E-state index in [2.05, 4.69) is 15.3 Å². The molecule has 1 aromatic carbocycles. The minimum Gasteiger partial charge on any atom is -0.497 e. The van der Waals surface area contributed by atoms with Crippen LogP contribution in [-0.4, -0.2) is 23.6 Å². The van der Waals surface area contributed by atoms with Crippen molar-refractivity contribution in [2.24, 2.45) is 0 Å². The van der Waals surface area contributed by atoms with Gasteiger partial charge in [-0.15, -0.1) is 0 Å². The Morgan fingerprint density at radius 2 is 2.05 bits per heavy atom. The number of nitrogens with one attached hydrogen (secondary N) is 1. The molecule has 1 heterocycles. The zero-order valence-corrected chi connectivity index (χ0v) is 10.8. The summed E-state index contributed by atoms with van der Waals surface area (Å²) in [7, 11) is 1.66. The Hall–Kier alpha value is -2.50. The maximum atomic E-state index is 5.59. The van der Waals surface area contributed by atoms with Gasteiger partial charge in [0.1, 0.15) is 17.4 Å². The smallest absolute Gasteiger partial charge is 0.223 e. The van der Waals surface area contributed by atoms with Crippen LogP contribution in [0.5, 0.6) is 5.75 Å². The molecule has 0 spiro atoms. The maximum Gasteiger partial charge on any atom is 0.223 e. The van der Waals surface area contributed by atoms with Crippen molar-refractivity contribution in [2.75, 3.05) is 30.4 Å². The molecule has 0 aliphatic rings. The van der Waals surface area contributed by atoms with Crippen LogP contribution in [0.25, 0.3) is 0 Å². The van der Waals surface area contributed by atoms with E-state index in [1.165, 1.54) is 5.56 Å². The highest BCUT2D eigenvalue weighted by Crippen LogP contribution is 2.13. The summed E-state index contributed by atoms with van der Waals surface area (Å²) >= 11 is 0. The maximum absolute atomic E-state index is 5.59. The summed E-state index contributed by atoms with van der Waals surface area (Å²) in [4.78, 5) is 7.86. The van der Waals surface area contributed by atoms with Crippen LogP contribution >= 0.6 is 0 Å². The zero-order valence-electron chi connectivity index (χ0n) is 10.8. The molecule has 0 unspecified atom stereocenters. The lowest BCUT2D eigenvalue weighted by Crippen LogP contribution is -2.09. The molecule has 5 N–H and O–H groups in total. The van der Waals surface area contributed by atoms with Gasteiger partial charge in [0.2, 0.25) is 5.95 Å². The molecule has 2 aromatic rings. The first kappa shape index (κ1) is 12.9. The van der Waals surface area contributed by atoms with E-state index >= 15 is 0 Å². The van der Waals surface area contributed by atoms with Gasteiger partial charge >= 0.3 is 0 Å². The minimum absolute atomic E-state index is 0.170. The van der Waals surface area contributed by atoms with E-state index in [0.29, 0.717) is 11.6 Å². The Balaban J connectivity index is 1.92. The molecule has 0 saturated heterocycles. The van der Waals surface area contributed by atoms with Crippen molar-refractivity contribution in [3.63, 3.8) is 0 Å². The Bertz CT molecular complexity index is 538. The van der Waals surface area contributed by atoms with Gasteiger partial charge in [-0.05, 0) is 24.1 Å². The molecule has 0 radical (unpaired) electrons. The highest BCUT2D eigenvalue weighted by atomic mass is 16.5. The molecule has 6 heteroatoms. The highest BCUT2D eigenvalue weighted by Gasteiger charge is 2.00. The van der Waals surface area contributed by atoms with Crippen molar-refractivity contribution >= 4 is 17.6 Å². The van der Waals surface area contributed by atoms with Gasteiger partial charge < -0.3 is 21.5 Å². The second-order valence-corrected chi connectivity index (χ2v) is 4.06. The number of nitrogens with zero attached hydrogens (tertiary/aromatic N) is 2. The third-order valence-electron chi connectivity index (χ3n) is 2.62. The summed E-state index contributed by atoms with van der Waals surface area (Å²) in [5, 5.41) is 3.16. The summed E-state index contributed by atoms with van der Waals surface area (Å²) in [5.74, 6) is 2.01. The van der Waals surface area contributed by atoms with Crippen LogP contribution in [0.2, 0.25) is 0 Å². The summed E-state index contributed by atoms with van der Waals surface area (Å²) in [6.45, 7) is 0.725. The van der Waals surface area contributed by atoms with Gasteiger partial charge in [0.25, 0.3) is 0 Å². The lowest BCUT2D eigenvalue weighted by atomic mass is 10.1. The number of hydrogen-bond acceptors (Lipinski definition) is 6. The third-order valence-corrected chi connectivity index (χ3v) is 2.62. The Kier molecular flexibility index (Phi) is 4.02. The number of benzene rings is 1. The monoisotopic (exact) mass is 259 g/mol. The van der Waals surface area contributed by atoms with Crippen molar-refractivity contribution in [3.05, 3.63) is 35.9 Å². The number of nitrogens with two attached hydrogens (primary N) is 2. The normalized spacial score (nSPS) is 10.2. The van der Waals surface area contributed by atoms with Gasteiger partial charge in [-0.3, -0.25) is 0 Å². The van der Waals surface area contributed by atoms with Crippen LogP contribution in [0, 0.1) is 0 Å². The van der Waals surface area contributed by atoms with Gasteiger partial charge in [-0.25, -0.2) is 0 Å². The topological polar surface area (TPSA) is 99.1 Å². The molecule has 6 nitrogen and oxygen atoms in total. The zero-order chi connectivity index (χ0) is 13.7. The van der Waals surface area contributed by atoms with Crippen molar-refractivity contribution in [3.8, 4) is 5.75 Å². The van der Waals surface area contributed by atoms with Crippen LogP contribution in [0.15, 0.2) is 30.3 Å². The first-order chi connectivity index (χ1) is 9.17. The SMILES string of the molecule is COc1cccc(CCNc2cc(N)nc(N)n2)c1. The Labute approximate surface area is 111 Å². The molecule has 0 bridgehead atoms. The molecule has 0 aliphatic carbocycles. The summed E-state index contributed by atoms with van der Waals surface area (Å²) in [5.41, 5.74) is 12.3. The van der Waals surface area contributed by atoms with Gasteiger partial charge in [0, 0.05) is 12.6 Å². The number of nitrogen functional groups attached to an aromatic ring is 2. The van der Waals surface area contributed by atoms with Crippen molar-refractivity contribution in [2.45, 2.75) is 6.42 Å². The van der Waals surface area contributed by atoms with E-state index in [1.807, 2.05) is 24.3 Å². The first-order valence-electron chi connectivity index (χ1n) is 5.94. The number of ether oxygens (including phenoxy) is 1. The van der Waals surface area contributed by atoms with Gasteiger partial charge in [0.05, 0.1) is 7.11 Å². The number of anilines is 3. The average Bonchev–Trinajstić information content (AvgIpc) is 2.38. The standard InChI is InChI=1S/C13H17N5O/c1-19-10-4-2-3-9(7-10)5-6-16-12-8-11(14)17-13(15)18-12/h2-4,7-8H,5-6H2,1H3,(H5,14,15,16,17,18). The second kappa shape index (κ2) is 5.90. The van der Waals surface area contributed by atoms with E-state index in [0.717, 1.165) is 18.7 Å². The minimum atomic E-state index is 0.170. The predicted octanol–water partition coefficient (Wildman–Crippen LogP) is 1.30. The van der Waals surface area contributed by atoms with Crippen LogP contribution < -0.4 is 21.5 Å². The summed E-state index contributed by atoms with van der Waals surface area (Å²) < 4.78 is 5.18. The van der Waals surface area contributed by atoms with E-state index in [-0.39, 0.29) is 5.95 Å². The third kappa shape index (κ3) is 3.74. The molecular weight excluding hydrogens is 242 g/mol. The van der Waals surface area contributed by atoms with E-state index in [4.69, 9.17) is 16.2 Å². The van der Waals surface area contributed by atoms with Crippen LogP contribution in [0.1, 0.15) is 5.56 Å². The molecule has 2 rings (SSSR count). The highest BCUT2D eigenvalue weighted by molar-refractivity contribution is 5.48. The molecule has 0 atom stereocenters. The quantitative estimate of drug-likeness (QED) is 0.748. The summed E-state index contributed by atoms with van der Waals surface area (Å²) in [6, 6.07) is 9.59. The largest absolute Gasteiger partial charge is 0.497 e. The fourth-order valence-corrected chi connectivity index (χ4v) is 1.74. The molecule has 0 amide bonds. The van der Waals surface area contributed by atoms with E-state index < -0.39 is 0 Å². The first-order valence-corrected chi connectivity index (χ1v) is 5.94. The van der Waals surface area contributed by atoms with Crippen molar-refractivity contribution < 1.29 is 4.74 Å². The molecule has 0 aliphatic heterocycles. The van der Waals surface area contributed by atoms with Gasteiger partial charge in [-0.1, -0.05) is 12.1 Å². The molecule has 0 fully saturated rings. The molecule has 19 heavy (non-hydrogen) atoms. The van der Waals surface area contributed by atoms with Gasteiger partial charge in [-0.2, -0.15) is 9.97 Å². The fourth-order valence-electron chi connectivity index (χ4n) is 1.74. The number of hydrogen-bond donors (Lipinski definition) is 3. The van der Waals surface area contributed by atoms with Crippen LogP contribution in [0.4, 0.5) is 17.6 Å². The average molecular weight is 259 g/mol. The number of aromatic nitrogens is 2. The lowest BCUT2D eigenvalue weighted by Gasteiger charge is -2.07. The van der Waals surface area contributed by atoms with Crippen LogP contribution in [-0.2, 0) is 6.42 Å². The van der Waals surface area contributed by atoms with Crippen molar-refractivity contribution in [1.82, 2.24) is 9.97 Å². The predicted molar refractivity (Wildman–Crippen MR) is 76.0 cm³/mol. The lowest BCUT2D eigenvalue weighted by molar-refractivity contribution is 0.414. The molecule has 1 aromatic heterocycles. The Morgan fingerprint density at radius 3 is 2.79 bits per heavy atom. The van der Waals surface area contributed by atoms with E-state index in [9.17, 15) is 0 Å². The van der Waals surface area contributed by atoms with Gasteiger partial charge in [0.15, 0.2) is 0 Å². The van der Waals surface area contributed by atoms with Crippen LogP contribution in [0.3, 0.4) is 0 Å². The summed E-state index contributed by atoms with van der Waals surface area (Å²) in [6.07, 6.45) is 0.848. The fraction of sp³-hybridized carbons (Fsp3) is 0.231. The molecule has 100 valence electrons. The second-order valence-electron chi connectivity index (χ2n) is 4.06. The molecule has 0 saturated carbocycles. The number of rotatable bonds is 5.